The molecule has 2 aromatic heterocycles. The Hall–Kier alpha value is -1.75. The van der Waals surface area contributed by atoms with E-state index in [2.05, 4.69) is 29.0 Å². The maximum absolute atomic E-state index is 5.97. The van der Waals surface area contributed by atoms with E-state index in [-0.39, 0.29) is 6.04 Å². The van der Waals surface area contributed by atoms with Crippen molar-refractivity contribution in [1.29, 1.82) is 0 Å². The van der Waals surface area contributed by atoms with Crippen LogP contribution in [0.3, 0.4) is 0 Å². The van der Waals surface area contributed by atoms with Crippen LogP contribution < -0.4 is 5.73 Å². The minimum atomic E-state index is 0.0492. The molecule has 2 N–H and O–H groups in total. The molecule has 0 aliphatic heterocycles. The molecule has 0 amide bonds. The van der Waals surface area contributed by atoms with Crippen molar-refractivity contribution < 1.29 is 4.52 Å². The highest BCUT2D eigenvalue weighted by Gasteiger charge is 2.14. The molecular formula is C13H18N4O. The molecule has 1 unspecified atom stereocenters. The summed E-state index contributed by atoms with van der Waals surface area (Å²) in [6, 6.07) is 5.81. The molecule has 0 bridgehead atoms. The van der Waals surface area contributed by atoms with Gasteiger partial charge in [0.25, 0.3) is 0 Å². The summed E-state index contributed by atoms with van der Waals surface area (Å²) in [6.07, 6.45) is 2.96. The maximum atomic E-state index is 5.97. The quantitative estimate of drug-likeness (QED) is 0.866. The highest BCUT2D eigenvalue weighted by Crippen LogP contribution is 2.08. The van der Waals surface area contributed by atoms with Gasteiger partial charge in [0.15, 0.2) is 5.82 Å². The first-order valence-electron chi connectivity index (χ1n) is 6.12. The van der Waals surface area contributed by atoms with E-state index in [0.29, 0.717) is 30.5 Å². The lowest BCUT2D eigenvalue weighted by Crippen LogP contribution is -2.28. The van der Waals surface area contributed by atoms with Gasteiger partial charge < -0.3 is 10.3 Å². The SMILES string of the molecule is CC(C)C(N)Cc1nc(Cc2ccccn2)no1. The molecule has 2 aromatic rings. The van der Waals surface area contributed by atoms with Crippen molar-refractivity contribution in [3.05, 3.63) is 41.8 Å². The van der Waals surface area contributed by atoms with Gasteiger partial charge in [-0.25, -0.2) is 0 Å². The van der Waals surface area contributed by atoms with E-state index in [9.17, 15) is 0 Å². The Balaban J connectivity index is 1.98. The average Bonchev–Trinajstić information content (AvgIpc) is 2.77. The number of pyridine rings is 1. The first-order chi connectivity index (χ1) is 8.65. The Labute approximate surface area is 106 Å². The van der Waals surface area contributed by atoms with Gasteiger partial charge in [-0.15, -0.1) is 0 Å². The summed E-state index contributed by atoms with van der Waals surface area (Å²) >= 11 is 0. The largest absolute Gasteiger partial charge is 0.339 e. The van der Waals surface area contributed by atoms with Gasteiger partial charge in [0, 0.05) is 24.4 Å². The maximum Gasteiger partial charge on any atom is 0.228 e. The Kier molecular flexibility index (Phi) is 4.04. The van der Waals surface area contributed by atoms with Crippen LogP contribution >= 0.6 is 0 Å². The van der Waals surface area contributed by atoms with Gasteiger partial charge in [-0.05, 0) is 18.1 Å². The molecule has 0 radical (unpaired) electrons. The summed E-state index contributed by atoms with van der Waals surface area (Å²) in [5.74, 6) is 1.65. The first-order valence-corrected chi connectivity index (χ1v) is 6.12. The molecule has 1 atom stereocenters. The molecule has 0 aliphatic carbocycles. The van der Waals surface area contributed by atoms with E-state index < -0.39 is 0 Å². The van der Waals surface area contributed by atoms with Crippen molar-refractivity contribution in [2.75, 3.05) is 0 Å². The number of aromatic nitrogens is 3. The van der Waals surface area contributed by atoms with Crippen molar-refractivity contribution >= 4 is 0 Å². The van der Waals surface area contributed by atoms with E-state index in [0.717, 1.165) is 5.69 Å². The van der Waals surface area contributed by atoms with Crippen molar-refractivity contribution in [2.45, 2.75) is 32.7 Å². The lowest BCUT2D eigenvalue weighted by molar-refractivity contribution is 0.350. The van der Waals surface area contributed by atoms with Crippen LogP contribution in [0.25, 0.3) is 0 Å². The molecule has 18 heavy (non-hydrogen) atoms. The molecule has 96 valence electrons. The van der Waals surface area contributed by atoms with Gasteiger partial charge in [0.05, 0.1) is 6.42 Å². The van der Waals surface area contributed by atoms with E-state index in [1.807, 2.05) is 18.2 Å². The monoisotopic (exact) mass is 246 g/mol. The molecule has 5 nitrogen and oxygen atoms in total. The van der Waals surface area contributed by atoms with Crippen molar-refractivity contribution in [3.8, 4) is 0 Å². The zero-order valence-corrected chi connectivity index (χ0v) is 10.7. The summed E-state index contributed by atoms with van der Waals surface area (Å²) < 4.78 is 5.19. The van der Waals surface area contributed by atoms with Crippen molar-refractivity contribution in [2.24, 2.45) is 11.7 Å². The molecule has 0 aliphatic rings. The fraction of sp³-hybridized carbons (Fsp3) is 0.462. The van der Waals surface area contributed by atoms with Crippen LogP contribution in [0.2, 0.25) is 0 Å². The van der Waals surface area contributed by atoms with E-state index in [1.165, 1.54) is 0 Å². The van der Waals surface area contributed by atoms with Crippen LogP contribution in [0.1, 0.15) is 31.3 Å². The normalized spacial score (nSPS) is 12.9. The molecule has 0 saturated heterocycles. The average molecular weight is 246 g/mol. The molecule has 0 fully saturated rings. The van der Waals surface area contributed by atoms with Crippen LogP contribution in [0.15, 0.2) is 28.9 Å². The second kappa shape index (κ2) is 5.73. The molecule has 0 spiro atoms. The van der Waals surface area contributed by atoms with Crippen LogP contribution in [-0.2, 0) is 12.8 Å². The number of rotatable bonds is 5. The fourth-order valence-electron chi connectivity index (χ4n) is 1.55. The predicted molar refractivity (Wildman–Crippen MR) is 67.9 cm³/mol. The minimum absolute atomic E-state index is 0.0492. The number of hydrogen-bond donors (Lipinski definition) is 1. The predicted octanol–water partition coefficient (Wildman–Crippen LogP) is 1.58. The third-order valence-corrected chi connectivity index (χ3v) is 2.84. The highest BCUT2D eigenvalue weighted by atomic mass is 16.5. The topological polar surface area (TPSA) is 77.8 Å². The highest BCUT2D eigenvalue weighted by molar-refractivity contribution is 5.09. The van der Waals surface area contributed by atoms with Crippen LogP contribution in [0.4, 0.5) is 0 Å². The van der Waals surface area contributed by atoms with Crippen LogP contribution in [-0.4, -0.2) is 21.2 Å². The van der Waals surface area contributed by atoms with Crippen LogP contribution in [0.5, 0.6) is 0 Å². The van der Waals surface area contributed by atoms with Gasteiger partial charge in [-0.3, -0.25) is 4.98 Å². The molecule has 5 heteroatoms. The summed E-state index contributed by atoms with van der Waals surface area (Å²) in [5.41, 5.74) is 6.90. The zero-order valence-electron chi connectivity index (χ0n) is 10.7. The van der Waals surface area contributed by atoms with Crippen molar-refractivity contribution in [3.63, 3.8) is 0 Å². The number of nitrogens with zero attached hydrogens (tertiary/aromatic N) is 3. The summed E-state index contributed by atoms with van der Waals surface area (Å²) in [7, 11) is 0. The van der Waals surface area contributed by atoms with Gasteiger partial charge >= 0.3 is 0 Å². The van der Waals surface area contributed by atoms with E-state index in [1.54, 1.807) is 6.20 Å². The molecule has 2 heterocycles. The van der Waals surface area contributed by atoms with Gasteiger partial charge in [-0.1, -0.05) is 25.1 Å². The van der Waals surface area contributed by atoms with E-state index in [4.69, 9.17) is 10.3 Å². The lowest BCUT2D eigenvalue weighted by atomic mass is 10.0. The molecule has 2 rings (SSSR count). The molecule has 0 aromatic carbocycles. The summed E-state index contributed by atoms with van der Waals surface area (Å²) in [4.78, 5) is 8.56. The fourth-order valence-corrected chi connectivity index (χ4v) is 1.55. The second-order valence-electron chi connectivity index (χ2n) is 4.71. The number of nitrogens with two attached hydrogens (primary N) is 1. The Morgan fingerprint density at radius 3 is 2.83 bits per heavy atom. The standard InChI is InChI=1S/C13H18N4O/c1-9(2)11(14)8-13-16-12(17-18-13)7-10-5-3-4-6-15-10/h3-6,9,11H,7-8,14H2,1-2H3. The Morgan fingerprint density at radius 2 is 2.17 bits per heavy atom. The minimum Gasteiger partial charge on any atom is -0.339 e. The third-order valence-electron chi connectivity index (χ3n) is 2.84. The first kappa shape index (κ1) is 12.7. The van der Waals surface area contributed by atoms with Crippen molar-refractivity contribution in [1.82, 2.24) is 15.1 Å². The van der Waals surface area contributed by atoms with Gasteiger partial charge in [0.2, 0.25) is 5.89 Å². The van der Waals surface area contributed by atoms with Gasteiger partial charge in [0.1, 0.15) is 0 Å². The van der Waals surface area contributed by atoms with Gasteiger partial charge in [-0.2, -0.15) is 4.98 Å². The molecular weight excluding hydrogens is 228 g/mol. The molecule has 0 saturated carbocycles. The second-order valence-corrected chi connectivity index (χ2v) is 4.71. The number of hydrogen-bond acceptors (Lipinski definition) is 5. The van der Waals surface area contributed by atoms with Crippen LogP contribution in [0, 0.1) is 5.92 Å². The zero-order chi connectivity index (χ0) is 13.0. The summed E-state index contributed by atoms with van der Waals surface area (Å²) in [5, 5.41) is 3.94. The van der Waals surface area contributed by atoms with E-state index >= 15 is 0 Å². The Morgan fingerprint density at radius 1 is 1.33 bits per heavy atom. The summed E-state index contributed by atoms with van der Waals surface area (Å²) in [6.45, 7) is 4.16. The smallest absolute Gasteiger partial charge is 0.228 e. The lowest BCUT2D eigenvalue weighted by Gasteiger charge is -2.11. The Bertz CT molecular complexity index is 481. The third kappa shape index (κ3) is 3.37.